The Morgan fingerprint density at radius 3 is 2.57 bits per heavy atom. The second-order valence-corrected chi connectivity index (χ2v) is 14.7. The third-order valence-corrected chi connectivity index (χ3v) is 12.6. The molecule has 0 aromatic heterocycles. The molecule has 2 unspecified atom stereocenters. The van der Waals surface area contributed by atoms with E-state index in [9.17, 15) is 10.2 Å². The summed E-state index contributed by atoms with van der Waals surface area (Å²) in [5.74, 6) is 1.44. The SMILES string of the molecule is CO[C@@]12CCC3(C[C@H]1C(C)(O)C(C)(C)C)[C@H]1Cc4ccc([O-])c5c4[C@@]3(CC[N@+]1(C)CC1CC1)[C@@H]2O5. The Kier molecular flexibility index (Phi) is 4.18. The zero-order valence-corrected chi connectivity index (χ0v) is 22.4. The van der Waals surface area contributed by atoms with Crippen molar-refractivity contribution in [2.75, 3.05) is 27.2 Å². The predicted octanol–water partition coefficient (Wildman–Crippen LogP) is 3.93. The van der Waals surface area contributed by atoms with E-state index in [4.69, 9.17) is 9.47 Å². The molecule has 8 atom stereocenters. The highest BCUT2D eigenvalue weighted by molar-refractivity contribution is 5.62. The van der Waals surface area contributed by atoms with Crippen molar-refractivity contribution < 1.29 is 24.2 Å². The average molecular weight is 482 g/mol. The third kappa shape index (κ3) is 2.38. The first kappa shape index (κ1) is 22.9. The second kappa shape index (κ2) is 6.39. The number of rotatable bonds is 4. The van der Waals surface area contributed by atoms with Crippen LogP contribution in [0.1, 0.15) is 77.3 Å². The van der Waals surface area contributed by atoms with Gasteiger partial charge in [-0.15, -0.1) is 0 Å². The summed E-state index contributed by atoms with van der Waals surface area (Å²) in [7, 11) is 4.34. The van der Waals surface area contributed by atoms with E-state index >= 15 is 0 Å². The Labute approximate surface area is 210 Å². The molecule has 5 nitrogen and oxygen atoms in total. The Bertz CT molecular complexity index is 1100. The van der Waals surface area contributed by atoms with Crippen LogP contribution in [-0.2, 0) is 16.6 Å². The maximum absolute atomic E-state index is 13.2. The third-order valence-electron chi connectivity index (χ3n) is 12.6. The van der Waals surface area contributed by atoms with Crippen LogP contribution in [0.25, 0.3) is 0 Å². The van der Waals surface area contributed by atoms with Gasteiger partial charge in [0.1, 0.15) is 17.5 Å². The van der Waals surface area contributed by atoms with Crippen molar-refractivity contribution in [3.8, 4) is 11.5 Å². The van der Waals surface area contributed by atoms with Crippen LogP contribution in [0.4, 0.5) is 0 Å². The van der Waals surface area contributed by atoms with E-state index in [2.05, 4.69) is 33.9 Å². The number of hydrogen-bond acceptors (Lipinski definition) is 4. The molecule has 8 rings (SSSR count). The number of piperidine rings is 1. The lowest BCUT2D eigenvalue weighted by Crippen LogP contribution is -2.85. The number of methoxy groups -OCH3 is 1. The Morgan fingerprint density at radius 2 is 1.91 bits per heavy atom. The molecule has 2 spiro atoms. The van der Waals surface area contributed by atoms with Gasteiger partial charge >= 0.3 is 0 Å². The summed E-state index contributed by atoms with van der Waals surface area (Å²) >= 11 is 0. The molecule has 5 aliphatic carbocycles. The van der Waals surface area contributed by atoms with Gasteiger partial charge in [-0.25, -0.2) is 0 Å². The molecule has 1 aromatic rings. The highest BCUT2D eigenvalue weighted by Gasteiger charge is 2.84. The smallest absolute Gasteiger partial charge is 0.139 e. The van der Waals surface area contributed by atoms with Gasteiger partial charge in [0.2, 0.25) is 0 Å². The normalized spacial score (nSPS) is 46.7. The van der Waals surface area contributed by atoms with Gasteiger partial charge in [0.15, 0.2) is 0 Å². The molecular weight excluding hydrogens is 438 g/mol. The lowest BCUT2D eigenvalue weighted by atomic mass is 9.33. The summed E-state index contributed by atoms with van der Waals surface area (Å²) < 4.78 is 14.6. The Balaban J connectivity index is 1.50. The van der Waals surface area contributed by atoms with Crippen molar-refractivity contribution in [3.05, 3.63) is 23.3 Å². The summed E-state index contributed by atoms with van der Waals surface area (Å²) in [6, 6.07) is 4.35. The molecule has 5 fully saturated rings. The molecule has 1 saturated heterocycles. The van der Waals surface area contributed by atoms with Gasteiger partial charge in [-0.2, -0.15) is 0 Å². The van der Waals surface area contributed by atoms with Crippen LogP contribution in [-0.4, -0.2) is 60.2 Å². The van der Waals surface area contributed by atoms with Gasteiger partial charge in [-0.1, -0.05) is 38.7 Å². The lowest BCUT2D eigenvalue weighted by Gasteiger charge is -2.75. The van der Waals surface area contributed by atoms with Crippen LogP contribution in [0.2, 0.25) is 0 Å². The monoisotopic (exact) mass is 481 g/mol. The number of benzene rings is 1. The maximum Gasteiger partial charge on any atom is 0.139 e. The van der Waals surface area contributed by atoms with E-state index < -0.39 is 11.2 Å². The van der Waals surface area contributed by atoms with Gasteiger partial charge < -0.3 is 24.2 Å². The molecule has 0 amide bonds. The largest absolute Gasteiger partial charge is 0.870 e. The van der Waals surface area contributed by atoms with Gasteiger partial charge in [0, 0.05) is 42.8 Å². The zero-order valence-electron chi connectivity index (χ0n) is 22.4. The van der Waals surface area contributed by atoms with Crippen molar-refractivity contribution in [2.24, 2.45) is 22.7 Å². The predicted molar refractivity (Wildman–Crippen MR) is 132 cm³/mol. The first-order valence-corrected chi connectivity index (χ1v) is 14.0. The number of fused-ring (bicyclic) bond motifs is 2. The number of quaternary nitrogens is 1. The molecule has 1 aromatic carbocycles. The molecule has 1 N–H and O–H groups in total. The molecule has 2 heterocycles. The van der Waals surface area contributed by atoms with E-state index in [1.165, 1.54) is 30.5 Å². The van der Waals surface area contributed by atoms with Crippen LogP contribution in [0.15, 0.2) is 12.1 Å². The molecular formula is C30H43NO4. The minimum absolute atomic E-state index is 0.0196. The highest BCUT2D eigenvalue weighted by Crippen LogP contribution is 2.78. The molecule has 5 heteroatoms. The topological polar surface area (TPSA) is 61.8 Å². The fraction of sp³-hybridized carbons (Fsp3) is 0.800. The van der Waals surface area contributed by atoms with E-state index in [0.29, 0.717) is 11.8 Å². The van der Waals surface area contributed by atoms with Crippen LogP contribution in [0.3, 0.4) is 0 Å². The van der Waals surface area contributed by atoms with Gasteiger partial charge in [0.05, 0.1) is 37.2 Å². The summed E-state index contributed by atoms with van der Waals surface area (Å²) in [5.41, 5.74) is 0.591. The maximum atomic E-state index is 13.2. The molecule has 2 aliphatic heterocycles. The first-order valence-electron chi connectivity index (χ1n) is 14.0. The van der Waals surface area contributed by atoms with E-state index in [0.717, 1.165) is 49.0 Å². The lowest BCUT2D eigenvalue weighted by molar-refractivity contribution is -0.952. The van der Waals surface area contributed by atoms with Gasteiger partial charge in [0.25, 0.3) is 0 Å². The Morgan fingerprint density at radius 1 is 1.17 bits per heavy atom. The van der Waals surface area contributed by atoms with Crippen LogP contribution in [0, 0.1) is 22.7 Å². The number of nitrogens with zero attached hydrogens (tertiary/aromatic N) is 1. The molecule has 0 radical (unpaired) electrons. The molecule has 35 heavy (non-hydrogen) atoms. The fourth-order valence-electron chi connectivity index (χ4n) is 10.3. The van der Waals surface area contributed by atoms with Crippen molar-refractivity contribution >= 4 is 0 Å². The standard InChI is InChI=1S/C30H43NO4/c1-26(2,3)27(4,33)21-16-28-11-12-30(21,34-6)25-29(28)13-14-31(5,17-18-7-8-18)22(28)15-19-9-10-20(32)24(35-25)23(19)29/h9-10,18,21-22,25,33H,7-8,11-17H2,1-6H3/t21-,22+,25-,27?,28?,29-,30-,31+/m0/s1. The zero-order chi connectivity index (χ0) is 24.8. The van der Waals surface area contributed by atoms with E-state index in [1.807, 2.05) is 14.0 Å². The number of ether oxygens (including phenoxy) is 2. The number of aliphatic hydroxyl groups is 1. The number of likely N-dealkylation sites (tertiary alicyclic amines) is 1. The van der Waals surface area contributed by atoms with Crippen molar-refractivity contribution in [1.82, 2.24) is 0 Å². The van der Waals surface area contributed by atoms with E-state index in [-0.39, 0.29) is 34.0 Å². The summed E-state index contributed by atoms with van der Waals surface area (Å²) in [6.07, 6.45) is 7.56. The van der Waals surface area contributed by atoms with Gasteiger partial charge in [-0.05, 0) is 50.0 Å². The first-order chi connectivity index (χ1) is 16.4. The van der Waals surface area contributed by atoms with Crippen LogP contribution >= 0.6 is 0 Å². The van der Waals surface area contributed by atoms with Crippen LogP contribution < -0.4 is 9.84 Å². The molecule has 192 valence electrons. The van der Waals surface area contributed by atoms with Gasteiger partial charge in [-0.3, -0.25) is 0 Å². The molecule has 4 saturated carbocycles. The minimum atomic E-state index is -0.926. The fourth-order valence-corrected chi connectivity index (χ4v) is 10.3. The van der Waals surface area contributed by atoms with E-state index in [1.54, 1.807) is 6.07 Å². The summed E-state index contributed by atoms with van der Waals surface area (Å²) in [6.45, 7) is 10.9. The summed E-state index contributed by atoms with van der Waals surface area (Å²) in [4.78, 5) is 0. The minimum Gasteiger partial charge on any atom is -0.870 e. The van der Waals surface area contributed by atoms with Crippen LogP contribution in [0.5, 0.6) is 11.5 Å². The molecule has 7 aliphatic rings. The average Bonchev–Trinajstić information content (AvgIpc) is 3.52. The number of likely N-dealkylation sites (N-methyl/N-ethyl adjacent to an activating group) is 1. The molecule has 4 bridgehead atoms. The van der Waals surface area contributed by atoms with Crippen molar-refractivity contribution in [2.45, 2.75) is 101 Å². The second-order valence-electron chi connectivity index (χ2n) is 14.7. The number of hydrogen-bond donors (Lipinski definition) is 1. The van der Waals surface area contributed by atoms with Crippen molar-refractivity contribution in [1.29, 1.82) is 0 Å². The highest BCUT2D eigenvalue weighted by atomic mass is 16.6. The summed E-state index contributed by atoms with van der Waals surface area (Å²) in [5, 5.41) is 25.5. The Hall–Kier alpha value is -1.30. The van der Waals surface area contributed by atoms with Crippen molar-refractivity contribution in [3.63, 3.8) is 0 Å². The quantitative estimate of drug-likeness (QED) is 0.662.